The fourth-order valence-electron chi connectivity index (χ4n) is 2.94. The quantitative estimate of drug-likeness (QED) is 0.705. The third-order valence-electron chi connectivity index (χ3n) is 4.06. The number of nitrogens with one attached hydrogen (secondary N) is 1. The monoisotopic (exact) mass is 424 g/mol. The lowest BCUT2D eigenvalue weighted by atomic mass is 9.95. The predicted molar refractivity (Wildman–Crippen MR) is 113 cm³/mol. The van der Waals surface area contributed by atoms with E-state index in [4.69, 9.17) is 16.3 Å². The summed E-state index contributed by atoms with van der Waals surface area (Å²) in [5.41, 5.74) is 0.734. The summed E-state index contributed by atoms with van der Waals surface area (Å²) >= 11 is 6.02. The summed E-state index contributed by atoms with van der Waals surface area (Å²) in [7, 11) is -2.32. The van der Waals surface area contributed by atoms with Crippen LogP contribution >= 0.6 is 11.6 Å². The Hall–Kier alpha value is -2.25. The highest BCUT2D eigenvalue weighted by Gasteiger charge is 2.27. The molecule has 6 nitrogen and oxygen atoms in total. The lowest BCUT2D eigenvalue weighted by molar-refractivity contribution is -0.121. The van der Waals surface area contributed by atoms with Crippen LogP contribution in [0.5, 0.6) is 5.75 Å². The Bertz CT molecular complexity index is 930. The lowest BCUT2D eigenvalue weighted by Gasteiger charge is -2.29. The standard InChI is InChI=1S/C20H25ClN2O4S/c1-20(2,13-15-8-6-5-7-9-15)22-19(24)14-23(28(4,25)26)17-12-16(21)10-11-18(17)27-3/h5-12H,13-14H2,1-4H3,(H,22,24). The summed E-state index contributed by atoms with van der Waals surface area (Å²) in [5.74, 6) is -0.112. The van der Waals surface area contributed by atoms with Crippen molar-refractivity contribution in [3.05, 3.63) is 59.1 Å². The first-order valence-electron chi connectivity index (χ1n) is 8.68. The van der Waals surface area contributed by atoms with Crippen LogP contribution in [0.4, 0.5) is 5.69 Å². The van der Waals surface area contributed by atoms with Gasteiger partial charge in [0.15, 0.2) is 0 Å². The first kappa shape index (κ1) is 22.0. The van der Waals surface area contributed by atoms with E-state index >= 15 is 0 Å². The predicted octanol–water partition coefficient (Wildman–Crippen LogP) is 3.25. The first-order chi connectivity index (χ1) is 13.0. The SMILES string of the molecule is COc1ccc(Cl)cc1N(CC(=O)NC(C)(C)Cc1ccccc1)S(C)(=O)=O. The molecule has 0 saturated carbocycles. The maximum absolute atomic E-state index is 12.7. The number of carbonyl (C=O) groups is 1. The molecule has 0 unspecified atom stereocenters. The van der Waals surface area contributed by atoms with Gasteiger partial charge in [-0.15, -0.1) is 0 Å². The molecule has 0 aromatic heterocycles. The third-order valence-corrected chi connectivity index (χ3v) is 5.43. The Morgan fingerprint density at radius 2 is 1.82 bits per heavy atom. The molecule has 0 spiro atoms. The van der Waals surface area contributed by atoms with Crippen molar-refractivity contribution in [3.63, 3.8) is 0 Å². The lowest BCUT2D eigenvalue weighted by Crippen LogP contribution is -2.50. The van der Waals surface area contributed by atoms with Crippen LogP contribution in [0.1, 0.15) is 19.4 Å². The fourth-order valence-corrected chi connectivity index (χ4v) is 3.95. The van der Waals surface area contributed by atoms with Crippen LogP contribution in [0.15, 0.2) is 48.5 Å². The average Bonchev–Trinajstić information content (AvgIpc) is 2.58. The van der Waals surface area contributed by atoms with E-state index in [1.165, 1.54) is 13.2 Å². The fraction of sp³-hybridized carbons (Fsp3) is 0.350. The molecule has 8 heteroatoms. The van der Waals surface area contributed by atoms with E-state index in [1.807, 2.05) is 44.2 Å². The van der Waals surface area contributed by atoms with Crippen molar-refractivity contribution in [2.45, 2.75) is 25.8 Å². The van der Waals surface area contributed by atoms with E-state index in [-0.39, 0.29) is 12.2 Å². The number of hydrogen-bond donors (Lipinski definition) is 1. The Balaban J connectivity index is 2.21. The molecule has 0 atom stereocenters. The van der Waals surface area contributed by atoms with Crippen molar-refractivity contribution in [2.24, 2.45) is 0 Å². The summed E-state index contributed by atoms with van der Waals surface area (Å²) in [6.07, 6.45) is 1.65. The molecule has 28 heavy (non-hydrogen) atoms. The van der Waals surface area contributed by atoms with Gasteiger partial charge in [0.25, 0.3) is 0 Å². The minimum atomic E-state index is -3.74. The van der Waals surface area contributed by atoms with Gasteiger partial charge >= 0.3 is 0 Å². The Labute approximate surface area is 171 Å². The Kier molecular flexibility index (Phi) is 6.96. The molecule has 1 amide bonds. The molecule has 2 rings (SSSR count). The summed E-state index contributed by atoms with van der Waals surface area (Å²) in [4.78, 5) is 12.7. The van der Waals surface area contributed by atoms with Gasteiger partial charge < -0.3 is 10.1 Å². The molecule has 0 fully saturated rings. The zero-order valence-electron chi connectivity index (χ0n) is 16.4. The number of rotatable bonds is 8. The molecular weight excluding hydrogens is 400 g/mol. The Morgan fingerprint density at radius 3 is 2.39 bits per heavy atom. The number of methoxy groups -OCH3 is 1. The molecule has 1 N–H and O–H groups in total. The van der Waals surface area contributed by atoms with Gasteiger partial charge in [-0.25, -0.2) is 8.42 Å². The molecule has 0 aliphatic rings. The van der Waals surface area contributed by atoms with Gasteiger partial charge in [-0.2, -0.15) is 0 Å². The average molecular weight is 425 g/mol. The zero-order chi connectivity index (χ0) is 20.9. The largest absolute Gasteiger partial charge is 0.495 e. The highest BCUT2D eigenvalue weighted by molar-refractivity contribution is 7.92. The van der Waals surface area contributed by atoms with Crippen LogP contribution in [-0.4, -0.2) is 39.8 Å². The van der Waals surface area contributed by atoms with E-state index in [0.717, 1.165) is 16.1 Å². The second-order valence-electron chi connectivity index (χ2n) is 7.18. The van der Waals surface area contributed by atoms with Crippen molar-refractivity contribution >= 4 is 33.2 Å². The summed E-state index contributed by atoms with van der Waals surface area (Å²) in [5, 5.41) is 3.25. The van der Waals surface area contributed by atoms with Crippen LogP contribution in [-0.2, 0) is 21.2 Å². The molecule has 2 aromatic carbocycles. The number of halogens is 1. The van der Waals surface area contributed by atoms with Crippen LogP contribution in [0, 0.1) is 0 Å². The molecule has 152 valence electrons. The normalized spacial score (nSPS) is 11.8. The van der Waals surface area contributed by atoms with Crippen molar-refractivity contribution in [2.75, 3.05) is 24.2 Å². The number of carbonyl (C=O) groups excluding carboxylic acids is 1. The second kappa shape index (κ2) is 8.84. The van der Waals surface area contributed by atoms with E-state index in [0.29, 0.717) is 17.2 Å². The van der Waals surface area contributed by atoms with Gasteiger partial charge in [-0.1, -0.05) is 41.9 Å². The number of ether oxygens (including phenoxy) is 1. The molecule has 0 heterocycles. The number of benzene rings is 2. The maximum atomic E-state index is 12.7. The second-order valence-corrected chi connectivity index (χ2v) is 9.52. The number of hydrogen-bond acceptors (Lipinski definition) is 4. The van der Waals surface area contributed by atoms with Crippen molar-refractivity contribution < 1.29 is 17.9 Å². The topological polar surface area (TPSA) is 75.7 Å². The summed E-state index contributed by atoms with van der Waals surface area (Å²) < 4.78 is 30.9. The molecule has 0 aliphatic heterocycles. The van der Waals surface area contributed by atoms with Crippen LogP contribution in [0.2, 0.25) is 5.02 Å². The number of nitrogens with zero attached hydrogens (tertiary/aromatic N) is 1. The molecule has 0 radical (unpaired) electrons. The molecule has 0 saturated heterocycles. The van der Waals surface area contributed by atoms with Gasteiger partial charge in [0.1, 0.15) is 12.3 Å². The molecule has 2 aromatic rings. The number of sulfonamides is 1. The van der Waals surface area contributed by atoms with Gasteiger partial charge in [0, 0.05) is 10.6 Å². The highest BCUT2D eigenvalue weighted by atomic mass is 35.5. The van der Waals surface area contributed by atoms with Gasteiger partial charge in [-0.05, 0) is 44.0 Å². The zero-order valence-corrected chi connectivity index (χ0v) is 18.0. The summed E-state index contributed by atoms with van der Waals surface area (Å²) in [6.45, 7) is 3.40. The van der Waals surface area contributed by atoms with Crippen molar-refractivity contribution in [1.82, 2.24) is 5.32 Å². The molecular formula is C20H25ClN2O4S. The molecule has 0 aliphatic carbocycles. The molecule has 0 bridgehead atoms. The minimum Gasteiger partial charge on any atom is -0.495 e. The van der Waals surface area contributed by atoms with Crippen molar-refractivity contribution in [3.8, 4) is 5.75 Å². The first-order valence-corrected chi connectivity index (χ1v) is 10.9. The summed E-state index contributed by atoms with van der Waals surface area (Å²) in [6, 6.07) is 14.4. The minimum absolute atomic E-state index is 0.216. The third kappa shape index (κ3) is 6.14. The van der Waals surface area contributed by atoms with Crippen molar-refractivity contribution in [1.29, 1.82) is 0 Å². The van der Waals surface area contributed by atoms with E-state index in [9.17, 15) is 13.2 Å². The smallest absolute Gasteiger partial charge is 0.241 e. The van der Waals surface area contributed by atoms with E-state index < -0.39 is 21.5 Å². The van der Waals surface area contributed by atoms with E-state index in [1.54, 1.807) is 12.1 Å². The van der Waals surface area contributed by atoms with Crippen LogP contribution in [0.25, 0.3) is 0 Å². The van der Waals surface area contributed by atoms with Gasteiger partial charge in [-0.3, -0.25) is 9.10 Å². The van der Waals surface area contributed by atoms with E-state index in [2.05, 4.69) is 5.32 Å². The van der Waals surface area contributed by atoms with Gasteiger partial charge in [0.05, 0.1) is 19.1 Å². The Morgan fingerprint density at radius 1 is 1.18 bits per heavy atom. The number of amides is 1. The van der Waals surface area contributed by atoms with Crippen LogP contribution < -0.4 is 14.4 Å². The maximum Gasteiger partial charge on any atom is 0.241 e. The van der Waals surface area contributed by atoms with Gasteiger partial charge in [0.2, 0.25) is 15.9 Å². The number of anilines is 1. The van der Waals surface area contributed by atoms with Crippen LogP contribution in [0.3, 0.4) is 0 Å². The highest BCUT2D eigenvalue weighted by Crippen LogP contribution is 2.32.